The summed E-state index contributed by atoms with van der Waals surface area (Å²) in [5.41, 5.74) is 0.129. The highest BCUT2D eigenvalue weighted by molar-refractivity contribution is 5.89. The van der Waals surface area contributed by atoms with Gasteiger partial charge in [-0.15, -0.1) is 0 Å². The summed E-state index contributed by atoms with van der Waals surface area (Å²) in [7, 11) is 0. The van der Waals surface area contributed by atoms with Gasteiger partial charge in [0.15, 0.2) is 11.6 Å². The maximum atomic E-state index is 13.5. The average molecular weight is 441 g/mol. The van der Waals surface area contributed by atoms with Crippen LogP contribution in [0.3, 0.4) is 0 Å². The van der Waals surface area contributed by atoms with E-state index in [1.54, 1.807) is 24.5 Å². The number of benzene rings is 1. The molecule has 0 aliphatic carbocycles. The highest BCUT2D eigenvalue weighted by Crippen LogP contribution is 2.17. The molecule has 10 heteroatoms. The van der Waals surface area contributed by atoms with Crippen molar-refractivity contribution < 1.29 is 23.0 Å². The minimum absolute atomic E-state index is 0.0154. The molecule has 1 aromatic carbocycles. The molecule has 164 valence electrons. The third kappa shape index (κ3) is 4.07. The zero-order valence-electron chi connectivity index (χ0n) is 16.9. The van der Waals surface area contributed by atoms with E-state index in [1.165, 1.54) is 13.0 Å². The first-order valence-electron chi connectivity index (χ1n) is 9.54. The Labute approximate surface area is 180 Å². The summed E-state index contributed by atoms with van der Waals surface area (Å²) in [5, 5.41) is 0. The molecule has 2 aromatic heterocycles. The van der Waals surface area contributed by atoms with Gasteiger partial charge in [-0.2, -0.15) is 0 Å². The smallest absolute Gasteiger partial charge is 0.375 e. The summed E-state index contributed by atoms with van der Waals surface area (Å²) in [6, 6.07) is 6.49. The lowest BCUT2D eigenvalue weighted by Gasteiger charge is -2.21. The predicted molar refractivity (Wildman–Crippen MR) is 108 cm³/mol. The number of halogens is 2. The molecule has 0 saturated carbocycles. The first-order chi connectivity index (χ1) is 15.3. The normalized spacial score (nSPS) is 12.5. The molecule has 0 bridgehead atoms. The summed E-state index contributed by atoms with van der Waals surface area (Å²) in [4.78, 5) is 42.0. The highest BCUT2D eigenvalue weighted by atomic mass is 19.2. The third-order valence-electron chi connectivity index (χ3n) is 4.98. The van der Waals surface area contributed by atoms with Gasteiger partial charge in [0.25, 0.3) is 5.56 Å². The Hall–Kier alpha value is -4.08. The van der Waals surface area contributed by atoms with Crippen LogP contribution in [-0.2, 0) is 34.0 Å². The van der Waals surface area contributed by atoms with Crippen LogP contribution in [0.25, 0.3) is 6.20 Å². The van der Waals surface area contributed by atoms with E-state index in [1.807, 2.05) is 0 Å². The molecule has 0 N–H and O–H groups in total. The monoisotopic (exact) mass is 441 g/mol. The summed E-state index contributed by atoms with van der Waals surface area (Å²) in [6.45, 7) is 1.04. The van der Waals surface area contributed by atoms with Gasteiger partial charge in [0, 0.05) is 18.0 Å². The van der Waals surface area contributed by atoms with Gasteiger partial charge in [0.1, 0.15) is 13.2 Å². The lowest BCUT2D eigenvalue weighted by molar-refractivity contribution is -0.144. The van der Waals surface area contributed by atoms with Gasteiger partial charge >= 0.3 is 11.7 Å². The SMILES string of the molecule is Cc1c2n(c(=O)n(Cc3ccc(F)c(F)c3)c1=O)C=C(C(=O)OCc1ccncc1)OC2. The van der Waals surface area contributed by atoms with Crippen LogP contribution in [-0.4, -0.2) is 20.1 Å². The molecule has 3 aromatic rings. The van der Waals surface area contributed by atoms with E-state index in [4.69, 9.17) is 9.47 Å². The van der Waals surface area contributed by atoms with Crippen LogP contribution in [0.15, 0.2) is 58.1 Å². The van der Waals surface area contributed by atoms with E-state index >= 15 is 0 Å². The van der Waals surface area contributed by atoms with Crippen molar-refractivity contribution in [1.82, 2.24) is 14.1 Å². The molecule has 0 fully saturated rings. The van der Waals surface area contributed by atoms with Crippen LogP contribution in [0.4, 0.5) is 8.78 Å². The Bertz CT molecular complexity index is 1350. The van der Waals surface area contributed by atoms with Crippen LogP contribution < -0.4 is 11.2 Å². The van der Waals surface area contributed by atoms with Crippen molar-refractivity contribution in [3.05, 3.63) is 103 Å². The summed E-state index contributed by atoms with van der Waals surface area (Å²) in [6.07, 6.45) is 4.28. The number of hydrogen-bond donors (Lipinski definition) is 0. The van der Waals surface area contributed by atoms with Gasteiger partial charge < -0.3 is 9.47 Å². The zero-order valence-corrected chi connectivity index (χ0v) is 16.9. The fourth-order valence-electron chi connectivity index (χ4n) is 3.22. The molecule has 1 aliphatic rings. The van der Waals surface area contributed by atoms with Gasteiger partial charge in [-0.25, -0.2) is 18.4 Å². The molecule has 0 spiro atoms. The Balaban J connectivity index is 1.65. The van der Waals surface area contributed by atoms with E-state index in [9.17, 15) is 23.2 Å². The van der Waals surface area contributed by atoms with Gasteiger partial charge in [0.2, 0.25) is 5.76 Å². The van der Waals surface area contributed by atoms with Crippen molar-refractivity contribution in [2.45, 2.75) is 26.7 Å². The molecule has 0 unspecified atom stereocenters. The second-order valence-corrected chi connectivity index (χ2v) is 7.08. The number of aromatic nitrogens is 3. The average Bonchev–Trinajstić information content (AvgIpc) is 2.81. The molecular formula is C22H17F2N3O5. The molecule has 0 radical (unpaired) electrons. The maximum absolute atomic E-state index is 13.5. The molecule has 0 amide bonds. The van der Waals surface area contributed by atoms with Gasteiger partial charge in [0.05, 0.1) is 18.4 Å². The van der Waals surface area contributed by atoms with Crippen molar-refractivity contribution in [3.63, 3.8) is 0 Å². The van der Waals surface area contributed by atoms with Gasteiger partial charge in [-0.3, -0.25) is 18.9 Å². The molecular weight excluding hydrogens is 424 g/mol. The minimum Gasteiger partial charge on any atom is -0.479 e. The second kappa shape index (κ2) is 8.58. The van der Waals surface area contributed by atoms with Crippen LogP contribution in [0, 0.1) is 18.6 Å². The molecule has 32 heavy (non-hydrogen) atoms. The summed E-state index contributed by atoms with van der Waals surface area (Å²) >= 11 is 0. The highest BCUT2D eigenvalue weighted by Gasteiger charge is 2.24. The number of hydrogen-bond acceptors (Lipinski definition) is 6. The summed E-state index contributed by atoms with van der Waals surface area (Å²) in [5.74, 6) is -3.10. The van der Waals surface area contributed by atoms with Crippen LogP contribution in [0.2, 0.25) is 0 Å². The number of pyridine rings is 1. The van der Waals surface area contributed by atoms with Crippen molar-refractivity contribution >= 4 is 12.2 Å². The molecule has 1 aliphatic heterocycles. The molecule has 4 rings (SSSR count). The Morgan fingerprint density at radius 1 is 1.12 bits per heavy atom. The van der Waals surface area contributed by atoms with Crippen LogP contribution >= 0.6 is 0 Å². The lowest BCUT2D eigenvalue weighted by Crippen LogP contribution is -2.43. The largest absolute Gasteiger partial charge is 0.479 e. The first-order valence-corrected chi connectivity index (χ1v) is 9.54. The molecule has 0 atom stereocenters. The van der Waals surface area contributed by atoms with Crippen molar-refractivity contribution in [2.75, 3.05) is 0 Å². The number of nitrogens with zero attached hydrogens (tertiary/aromatic N) is 3. The Morgan fingerprint density at radius 3 is 2.59 bits per heavy atom. The van der Waals surface area contributed by atoms with Crippen LogP contribution in [0.5, 0.6) is 0 Å². The van der Waals surface area contributed by atoms with Crippen molar-refractivity contribution in [2.24, 2.45) is 0 Å². The number of esters is 1. The standard InChI is InChI=1S/C22H17F2N3O5/c1-13-18-12-31-19(21(29)32-11-14-4-6-25-7-5-14)10-26(18)22(30)27(20(13)28)9-15-2-3-16(23)17(24)8-15/h2-8,10H,9,11-12H2,1H3. The van der Waals surface area contributed by atoms with E-state index in [0.29, 0.717) is 0 Å². The predicted octanol–water partition coefficient (Wildman–Crippen LogP) is 2.11. The number of carbonyl (C=O) groups excluding carboxylic acids is 1. The zero-order chi connectivity index (χ0) is 22.8. The number of carbonyl (C=O) groups is 1. The fraction of sp³-hybridized carbons (Fsp3) is 0.182. The van der Waals surface area contributed by atoms with Gasteiger partial charge in [-0.05, 0) is 42.3 Å². The Kier molecular flexibility index (Phi) is 5.67. The first kappa shape index (κ1) is 21.2. The number of ether oxygens (including phenoxy) is 2. The second-order valence-electron chi connectivity index (χ2n) is 7.08. The molecule has 0 saturated heterocycles. The topological polar surface area (TPSA) is 92.4 Å². The lowest BCUT2D eigenvalue weighted by atomic mass is 10.2. The van der Waals surface area contributed by atoms with Crippen LogP contribution in [0.1, 0.15) is 22.4 Å². The van der Waals surface area contributed by atoms with Crippen molar-refractivity contribution in [3.8, 4) is 0 Å². The quantitative estimate of drug-likeness (QED) is 0.564. The van der Waals surface area contributed by atoms with Crippen molar-refractivity contribution in [1.29, 1.82) is 0 Å². The number of fused-ring (bicyclic) bond motifs is 1. The van der Waals surface area contributed by atoms with E-state index in [0.717, 1.165) is 33.0 Å². The molecule has 3 heterocycles. The third-order valence-corrected chi connectivity index (χ3v) is 4.98. The minimum atomic E-state index is -1.09. The fourth-order valence-corrected chi connectivity index (χ4v) is 3.22. The van der Waals surface area contributed by atoms with E-state index in [-0.39, 0.29) is 42.3 Å². The summed E-state index contributed by atoms with van der Waals surface area (Å²) < 4.78 is 39.4. The number of rotatable bonds is 5. The maximum Gasteiger partial charge on any atom is 0.375 e. The van der Waals surface area contributed by atoms with E-state index < -0.39 is 28.9 Å². The van der Waals surface area contributed by atoms with E-state index in [2.05, 4.69) is 4.98 Å². The molecule has 8 nitrogen and oxygen atoms in total. The Morgan fingerprint density at radius 2 is 1.88 bits per heavy atom. The van der Waals surface area contributed by atoms with Gasteiger partial charge in [-0.1, -0.05) is 6.07 Å².